The first-order valence-corrected chi connectivity index (χ1v) is 10.4. The van der Waals surface area contributed by atoms with E-state index >= 15 is 0 Å². The molecule has 7 heteroatoms. The van der Waals surface area contributed by atoms with Gasteiger partial charge in [-0.2, -0.15) is 5.01 Å². The van der Waals surface area contributed by atoms with Gasteiger partial charge in [-0.15, -0.1) is 0 Å². The van der Waals surface area contributed by atoms with E-state index in [1.165, 1.54) is 31.2 Å². The number of amides is 3. The fourth-order valence-electron chi connectivity index (χ4n) is 3.64. The minimum absolute atomic E-state index is 0.0780. The molecule has 0 spiro atoms. The van der Waals surface area contributed by atoms with E-state index in [0.717, 1.165) is 15.6 Å². The van der Waals surface area contributed by atoms with Gasteiger partial charge in [-0.25, -0.2) is 5.01 Å². The molecule has 0 aliphatic carbocycles. The lowest BCUT2D eigenvalue weighted by atomic mass is 10.0. The highest BCUT2D eigenvalue weighted by Gasteiger charge is 2.45. The van der Waals surface area contributed by atoms with Crippen molar-refractivity contribution in [1.82, 2.24) is 10.0 Å². The first-order valence-electron chi connectivity index (χ1n) is 9.98. The Kier molecular flexibility index (Phi) is 5.63. The Bertz CT molecular complexity index is 1220. The number of fused-ring (bicyclic) bond motifs is 1. The summed E-state index contributed by atoms with van der Waals surface area (Å²) in [7, 11) is 0. The zero-order valence-corrected chi connectivity index (χ0v) is 18.2. The van der Waals surface area contributed by atoms with Gasteiger partial charge in [0.25, 0.3) is 17.7 Å². The summed E-state index contributed by atoms with van der Waals surface area (Å²) >= 11 is 6.23. The van der Waals surface area contributed by atoms with Crippen molar-refractivity contribution in [1.29, 1.82) is 0 Å². The van der Waals surface area contributed by atoms with Crippen LogP contribution in [0.5, 0.6) is 0 Å². The normalized spacial score (nSPS) is 13.7. The molecular weight excluding hydrogens is 428 g/mol. The Labute approximate surface area is 190 Å². The minimum atomic E-state index is -1.15. The fourth-order valence-corrected chi connectivity index (χ4v) is 3.86. The minimum Gasteiger partial charge on any atom is -0.292 e. The second-order valence-electron chi connectivity index (χ2n) is 7.50. The van der Waals surface area contributed by atoms with Gasteiger partial charge in [0.05, 0.1) is 21.7 Å². The number of aryl methyl sites for hydroxylation is 1. The highest BCUT2D eigenvalue weighted by molar-refractivity contribution is 6.34. The van der Waals surface area contributed by atoms with Gasteiger partial charge in [0, 0.05) is 5.56 Å². The number of hydrogen-bond donors (Lipinski definition) is 0. The lowest BCUT2D eigenvalue weighted by Crippen LogP contribution is -2.56. The van der Waals surface area contributed by atoms with Crippen LogP contribution in [0.1, 0.15) is 53.9 Å². The highest BCUT2D eigenvalue weighted by atomic mass is 35.5. The molecule has 0 bridgehead atoms. The van der Waals surface area contributed by atoms with E-state index < -0.39 is 29.5 Å². The quantitative estimate of drug-likeness (QED) is 0.425. The van der Waals surface area contributed by atoms with E-state index in [4.69, 9.17) is 11.6 Å². The summed E-state index contributed by atoms with van der Waals surface area (Å²) in [6.45, 7) is 3.38. The van der Waals surface area contributed by atoms with E-state index in [1.54, 1.807) is 48.5 Å². The number of Topliss-reactive ketones (excluding diaryl/α,β-unsaturated/α-hetero) is 1. The Morgan fingerprint density at radius 1 is 0.844 bits per heavy atom. The first kappa shape index (κ1) is 21.5. The number of ketones is 1. The van der Waals surface area contributed by atoms with Crippen molar-refractivity contribution in [3.05, 3.63) is 106 Å². The van der Waals surface area contributed by atoms with E-state index in [-0.39, 0.29) is 21.7 Å². The van der Waals surface area contributed by atoms with Gasteiger partial charge in [-0.3, -0.25) is 19.2 Å². The van der Waals surface area contributed by atoms with Gasteiger partial charge < -0.3 is 0 Å². The molecule has 0 aromatic heterocycles. The summed E-state index contributed by atoms with van der Waals surface area (Å²) in [6, 6.07) is 18.3. The number of nitrogens with zero attached hydrogens (tertiary/aromatic N) is 2. The molecule has 3 aromatic rings. The standard InChI is InChI=1S/C25H19ClN2O4/c1-15-11-13-17(14-12-15)22(29)16(2)27(25(32)20-9-5-6-10-21(20)26)28-23(30)18-7-3-4-8-19(18)24(28)31/h3-14,16H,1-2H3/t16-/m1/s1. The molecule has 0 fully saturated rings. The molecule has 32 heavy (non-hydrogen) atoms. The first-order chi connectivity index (χ1) is 15.3. The van der Waals surface area contributed by atoms with Crippen molar-refractivity contribution in [2.75, 3.05) is 0 Å². The number of halogens is 1. The Morgan fingerprint density at radius 3 is 1.94 bits per heavy atom. The molecule has 3 aromatic carbocycles. The van der Waals surface area contributed by atoms with Gasteiger partial charge in [0.15, 0.2) is 5.78 Å². The summed E-state index contributed by atoms with van der Waals surface area (Å²) < 4.78 is 0. The van der Waals surface area contributed by atoms with Crippen molar-refractivity contribution in [3.8, 4) is 0 Å². The number of benzene rings is 3. The van der Waals surface area contributed by atoms with E-state index in [9.17, 15) is 19.2 Å². The molecule has 1 aliphatic heterocycles. The van der Waals surface area contributed by atoms with Crippen molar-refractivity contribution < 1.29 is 19.2 Å². The monoisotopic (exact) mass is 446 g/mol. The number of hydrogen-bond acceptors (Lipinski definition) is 4. The van der Waals surface area contributed by atoms with E-state index in [2.05, 4.69) is 0 Å². The third-order valence-corrected chi connectivity index (χ3v) is 5.71. The maximum Gasteiger partial charge on any atom is 0.280 e. The number of hydrazine groups is 1. The molecule has 6 nitrogen and oxygen atoms in total. The van der Waals surface area contributed by atoms with Crippen LogP contribution in [-0.4, -0.2) is 39.6 Å². The van der Waals surface area contributed by atoms with Crippen LogP contribution in [0.25, 0.3) is 0 Å². The number of carbonyl (C=O) groups excluding carboxylic acids is 4. The lowest BCUT2D eigenvalue weighted by molar-refractivity contribution is -0.00680. The van der Waals surface area contributed by atoms with Crippen LogP contribution < -0.4 is 0 Å². The maximum absolute atomic E-state index is 13.6. The van der Waals surface area contributed by atoms with Crippen molar-refractivity contribution in [2.45, 2.75) is 19.9 Å². The Hall–Kier alpha value is -3.77. The van der Waals surface area contributed by atoms with Crippen molar-refractivity contribution in [3.63, 3.8) is 0 Å². The van der Waals surface area contributed by atoms with Gasteiger partial charge in [-0.1, -0.05) is 65.7 Å². The molecule has 4 rings (SSSR count). The zero-order valence-electron chi connectivity index (χ0n) is 17.4. The molecule has 3 amide bonds. The van der Waals surface area contributed by atoms with Gasteiger partial charge >= 0.3 is 0 Å². The summed E-state index contributed by atoms with van der Waals surface area (Å²) in [5.41, 5.74) is 1.75. The van der Waals surface area contributed by atoms with Crippen LogP contribution in [0.3, 0.4) is 0 Å². The Morgan fingerprint density at radius 2 is 1.38 bits per heavy atom. The number of imide groups is 1. The average molecular weight is 447 g/mol. The summed E-state index contributed by atoms with van der Waals surface area (Å²) in [5.74, 6) is -2.48. The fraction of sp³-hybridized carbons (Fsp3) is 0.120. The third kappa shape index (κ3) is 3.59. The molecule has 0 saturated heterocycles. The maximum atomic E-state index is 13.6. The molecule has 1 heterocycles. The molecule has 0 radical (unpaired) electrons. The topological polar surface area (TPSA) is 74.8 Å². The van der Waals surface area contributed by atoms with E-state index in [1.807, 2.05) is 6.92 Å². The van der Waals surface area contributed by atoms with Crippen LogP contribution in [-0.2, 0) is 0 Å². The van der Waals surface area contributed by atoms with Crippen LogP contribution in [0.2, 0.25) is 5.02 Å². The van der Waals surface area contributed by atoms with Gasteiger partial charge in [-0.05, 0) is 38.1 Å². The van der Waals surface area contributed by atoms with Crippen molar-refractivity contribution >= 4 is 35.1 Å². The summed E-state index contributed by atoms with van der Waals surface area (Å²) in [4.78, 5) is 53.1. The summed E-state index contributed by atoms with van der Waals surface area (Å²) in [5, 5.41) is 1.80. The molecule has 0 unspecified atom stereocenters. The third-order valence-electron chi connectivity index (χ3n) is 5.38. The van der Waals surface area contributed by atoms with Gasteiger partial charge in [0.2, 0.25) is 0 Å². The molecular formula is C25H19ClN2O4. The van der Waals surface area contributed by atoms with Crippen molar-refractivity contribution in [2.24, 2.45) is 0 Å². The second kappa shape index (κ2) is 8.40. The van der Waals surface area contributed by atoms with Crippen LogP contribution in [0.15, 0.2) is 72.8 Å². The zero-order chi connectivity index (χ0) is 23.0. The highest BCUT2D eigenvalue weighted by Crippen LogP contribution is 2.29. The number of rotatable bonds is 5. The SMILES string of the molecule is Cc1ccc(C(=O)[C@@H](C)N(C(=O)c2ccccc2Cl)N2C(=O)c3ccccc3C2=O)cc1. The molecule has 0 saturated carbocycles. The van der Waals surface area contributed by atoms with Crippen LogP contribution in [0, 0.1) is 6.92 Å². The lowest BCUT2D eigenvalue weighted by Gasteiger charge is -2.34. The molecule has 1 atom stereocenters. The second-order valence-corrected chi connectivity index (χ2v) is 7.91. The summed E-state index contributed by atoms with van der Waals surface area (Å²) in [6.07, 6.45) is 0. The molecule has 160 valence electrons. The molecule has 0 N–H and O–H groups in total. The van der Waals surface area contributed by atoms with Crippen LogP contribution in [0.4, 0.5) is 0 Å². The number of carbonyl (C=O) groups is 4. The van der Waals surface area contributed by atoms with Crippen LogP contribution >= 0.6 is 11.6 Å². The average Bonchev–Trinajstić information content (AvgIpc) is 3.05. The predicted octanol–water partition coefficient (Wildman–Crippen LogP) is 4.57. The smallest absolute Gasteiger partial charge is 0.280 e. The largest absolute Gasteiger partial charge is 0.292 e. The Balaban J connectivity index is 1.81. The molecule has 1 aliphatic rings. The van der Waals surface area contributed by atoms with Gasteiger partial charge in [0.1, 0.15) is 6.04 Å². The van der Waals surface area contributed by atoms with E-state index in [0.29, 0.717) is 5.56 Å². The predicted molar refractivity (Wildman–Crippen MR) is 120 cm³/mol.